The maximum absolute atomic E-state index is 12.5. The fourth-order valence-electron chi connectivity index (χ4n) is 2.82. The van der Waals surface area contributed by atoms with E-state index >= 15 is 0 Å². The average Bonchev–Trinajstić information content (AvgIpc) is 2.88. The SMILES string of the molecule is Cc1ccccc1-c1nc(CC(=O)N2CCOC(C)C2)c(C)o1. The van der Waals surface area contributed by atoms with Crippen molar-refractivity contribution >= 4 is 5.91 Å². The molecule has 5 heteroatoms. The number of amides is 1. The monoisotopic (exact) mass is 314 g/mol. The van der Waals surface area contributed by atoms with Crippen molar-refractivity contribution in [3.63, 3.8) is 0 Å². The third-order valence-electron chi connectivity index (χ3n) is 4.18. The molecule has 3 rings (SSSR count). The molecule has 2 aromatic rings. The second kappa shape index (κ2) is 6.54. The zero-order valence-electron chi connectivity index (χ0n) is 13.8. The van der Waals surface area contributed by atoms with E-state index in [-0.39, 0.29) is 18.4 Å². The zero-order valence-corrected chi connectivity index (χ0v) is 13.8. The highest BCUT2D eigenvalue weighted by atomic mass is 16.5. The first-order valence-corrected chi connectivity index (χ1v) is 7.96. The molecule has 5 nitrogen and oxygen atoms in total. The quantitative estimate of drug-likeness (QED) is 0.874. The maximum Gasteiger partial charge on any atom is 0.228 e. The molecule has 1 fully saturated rings. The number of rotatable bonds is 3. The Kier molecular flexibility index (Phi) is 4.48. The summed E-state index contributed by atoms with van der Waals surface area (Å²) in [6.45, 7) is 7.75. The molecule has 1 unspecified atom stereocenters. The van der Waals surface area contributed by atoms with E-state index in [2.05, 4.69) is 4.98 Å². The lowest BCUT2D eigenvalue weighted by atomic mass is 10.1. The summed E-state index contributed by atoms with van der Waals surface area (Å²) in [5.41, 5.74) is 2.79. The second-order valence-electron chi connectivity index (χ2n) is 6.03. The van der Waals surface area contributed by atoms with Gasteiger partial charge in [-0.15, -0.1) is 0 Å². The number of carbonyl (C=O) groups excluding carboxylic acids is 1. The molecule has 0 saturated carbocycles. The molecule has 0 radical (unpaired) electrons. The third kappa shape index (κ3) is 3.45. The van der Waals surface area contributed by atoms with Gasteiger partial charge in [0, 0.05) is 18.7 Å². The normalized spacial score (nSPS) is 18.2. The highest BCUT2D eigenvalue weighted by molar-refractivity contribution is 5.79. The lowest BCUT2D eigenvalue weighted by molar-refractivity contribution is -0.137. The first-order valence-electron chi connectivity index (χ1n) is 7.96. The molecular formula is C18H22N2O3. The van der Waals surface area contributed by atoms with Crippen molar-refractivity contribution in [2.24, 2.45) is 0 Å². The van der Waals surface area contributed by atoms with Crippen molar-refractivity contribution in [2.45, 2.75) is 33.3 Å². The Morgan fingerprint density at radius 2 is 2.13 bits per heavy atom. The number of benzene rings is 1. The van der Waals surface area contributed by atoms with Crippen LogP contribution in [0.25, 0.3) is 11.5 Å². The van der Waals surface area contributed by atoms with E-state index in [4.69, 9.17) is 9.15 Å². The van der Waals surface area contributed by atoms with Crippen molar-refractivity contribution in [2.75, 3.05) is 19.7 Å². The Labute approximate surface area is 136 Å². The maximum atomic E-state index is 12.5. The van der Waals surface area contributed by atoms with Crippen LogP contribution in [-0.2, 0) is 16.0 Å². The Morgan fingerprint density at radius 1 is 1.35 bits per heavy atom. The largest absolute Gasteiger partial charge is 0.441 e. The van der Waals surface area contributed by atoms with Gasteiger partial charge in [0.05, 0.1) is 24.8 Å². The molecule has 0 N–H and O–H groups in total. The molecule has 1 aromatic heterocycles. The fourth-order valence-corrected chi connectivity index (χ4v) is 2.82. The Balaban J connectivity index is 1.76. The number of hydrogen-bond donors (Lipinski definition) is 0. The molecule has 0 bridgehead atoms. The van der Waals surface area contributed by atoms with Gasteiger partial charge in [-0.2, -0.15) is 0 Å². The molecule has 1 aliphatic rings. The number of morpholine rings is 1. The minimum atomic E-state index is 0.0767. The van der Waals surface area contributed by atoms with E-state index < -0.39 is 0 Å². The lowest BCUT2D eigenvalue weighted by Crippen LogP contribution is -2.45. The number of oxazole rings is 1. The average molecular weight is 314 g/mol. The van der Waals surface area contributed by atoms with Crippen LogP contribution in [0.4, 0.5) is 0 Å². The van der Waals surface area contributed by atoms with Crippen LogP contribution in [0.5, 0.6) is 0 Å². The fraction of sp³-hybridized carbons (Fsp3) is 0.444. The van der Waals surface area contributed by atoms with Gasteiger partial charge in [-0.25, -0.2) is 4.98 Å². The van der Waals surface area contributed by atoms with Crippen LogP contribution in [0.1, 0.15) is 23.9 Å². The second-order valence-corrected chi connectivity index (χ2v) is 6.03. The summed E-state index contributed by atoms with van der Waals surface area (Å²) in [6, 6.07) is 7.95. The standard InChI is InChI=1S/C18H22N2O3/c1-12-6-4-5-7-15(12)18-19-16(14(3)23-18)10-17(21)20-8-9-22-13(2)11-20/h4-7,13H,8-11H2,1-3H3. The van der Waals surface area contributed by atoms with Crippen LogP contribution in [-0.4, -0.2) is 41.6 Å². The number of carbonyl (C=O) groups is 1. The summed E-state index contributed by atoms with van der Waals surface area (Å²) in [6.07, 6.45) is 0.363. The van der Waals surface area contributed by atoms with E-state index in [1.54, 1.807) is 0 Å². The molecule has 1 saturated heterocycles. The summed E-state index contributed by atoms with van der Waals surface area (Å²) in [5, 5.41) is 0. The summed E-state index contributed by atoms with van der Waals surface area (Å²) < 4.78 is 11.3. The van der Waals surface area contributed by atoms with E-state index in [0.29, 0.717) is 37.0 Å². The van der Waals surface area contributed by atoms with Gasteiger partial charge in [-0.1, -0.05) is 18.2 Å². The van der Waals surface area contributed by atoms with Crippen molar-refractivity contribution in [3.8, 4) is 11.5 Å². The van der Waals surface area contributed by atoms with Gasteiger partial charge in [0.2, 0.25) is 11.8 Å². The molecule has 23 heavy (non-hydrogen) atoms. The molecule has 1 aromatic carbocycles. The lowest BCUT2D eigenvalue weighted by Gasteiger charge is -2.31. The number of hydrogen-bond acceptors (Lipinski definition) is 4. The van der Waals surface area contributed by atoms with Gasteiger partial charge in [-0.05, 0) is 32.4 Å². The molecule has 0 aliphatic carbocycles. The Hall–Kier alpha value is -2.14. The molecule has 1 atom stereocenters. The van der Waals surface area contributed by atoms with Crippen molar-refractivity contribution in [1.29, 1.82) is 0 Å². The van der Waals surface area contributed by atoms with Gasteiger partial charge in [0.25, 0.3) is 0 Å². The minimum absolute atomic E-state index is 0.0767. The summed E-state index contributed by atoms with van der Waals surface area (Å²) in [4.78, 5) is 18.9. The van der Waals surface area contributed by atoms with Crippen LogP contribution in [0, 0.1) is 13.8 Å². The van der Waals surface area contributed by atoms with Crippen LogP contribution < -0.4 is 0 Å². The summed E-state index contributed by atoms with van der Waals surface area (Å²) in [7, 11) is 0. The van der Waals surface area contributed by atoms with E-state index in [1.165, 1.54) is 0 Å². The van der Waals surface area contributed by atoms with Crippen molar-refractivity contribution < 1.29 is 13.9 Å². The first-order chi connectivity index (χ1) is 11.0. The number of aromatic nitrogens is 1. The van der Waals surface area contributed by atoms with Crippen LogP contribution in [0.15, 0.2) is 28.7 Å². The molecule has 0 spiro atoms. The first kappa shape index (κ1) is 15.7. The van der Waals surface area contributed by atoms with Gasteiger partial charge < -0.3 is 14.1 Å². The molecule has 122 valence electrons. The van der Waals surface area contributed by atoms with Gasteiger partial charge in [0.1, 0.15) is 5.76 Å². The molecule has 1 aliphatic heterocycles. The number of aryl methyl sites for hydroxylation is 2. The topological polar surface area (TPSA) is 55.6 Å². The highest BCUT2D eigenvalue weighted by Crippen LogP contribution is 2.25. The minimum Gasteiger partial charge on any atom is -0.441 e. The van der Waals surface area contributed by atoms with Crippen LogP contribution >= 0.6 is 0 Å². The van der Waals surface area contributed by atoms with E-state index in [0.717, 1.165) is 11.1 Å². The number of nitrogens with zero attached hydrogens (tertiary/aromatic N) is 2. The van der Waals surface area contributed by atoms with Gasteiger partial charge >= 0.3 is 0 Å². The Morgan fingerprint density at radius 3 is 2.87 bits per heavy atom. The highest BCUT2D eigenvalue weighted by Gasteiger charge is 2.23. The van der Waals surface area contributed by atoms with Crippen molar-refractivity contribution in [3.05, 3.63) is 41.3 Å². The zero-order chi connectivity index (χ0) is 16.4. The van der Waals surface area contributed by atoms with E-state index in [9.17, 15) is 4.79 Å². The summed E-state index contributed by atoms with van der Waals surface area (Å²) in [5.74, 6) is 1.37. The van der Waals surface area contributed by atoms with Gasteiger partial charge in [-0.3, -0.25) is 4.79 Å². The molecule has 2 heterocycles. The summed E-state index contributed by atoms with van der Waals surface area (Å²) >= 11 is 0. The van der Waals surface area contributed by atoms with Crippen molar-refractivity contribution in [1.82, 2.24) is 9.88 Å². The Bertz CT molecular complexity index is 708. The predicted octanol–water partition coefficient (Wildman–Crippen LogP) is 2.75. The van der Waals surface area contributed by atoms with E-state index in [1.807, 2.05) is 49.9 Å². The third-order valence-corrected chi connectivity index (χ3v) is 4.18. The number of ether oxygens (including phenoxy) is 1. The molecule has 1 amide bonds. The predicted molar refractivity (Wildman–Crippen MR) is 87.1 cm³/mol. The van der Waals surface area contributed by atoms with Crippen LogP contribution in [0.3, 0.4) is 0 Å². The van der Waals surface area contributed by atoms with Crippen LogP contribution in [0.2, 0.25) is 0 Å². The molecular weight excluding hydrogens is 292 g/mol. The van der Waals surface area contributed by atoms with Gasteiger partial charge in [0.15, 0.2) is 0 Å². The smallest absolute Gasteiger partial charge is 0.228 e.